The highest BCUT2D eigenvalue weighted by Gasteiger charge is 2.55. The number of methoxy groups -OCH3 is 2. The molecule has 2 N–H and O–H groups in total. The van der Waals surface area contributed by atoms with Gasteiger partial charge in [0.1, 0.15) is 23.6 Å². The number of nitrogens with zero attached hydrogens (tertiary/aromatic N) is 1. The van der Waals surface area contributed by atoms with Crippen LogP contribution in [0.2, 0.25) is 0 Å². The molecule has 8 heteroatoms. The van der Waals surface area contributed by atoms with Crippen LogP contribution < -0.4 is 20.1 Å². The number of rotatable bonds is 5. The first kappa shape index (κ1) is 19.0. The summed E-state index contributed by atoms with van der Waals surface area (Å²) in [5, 5.41) is 5.53. The Morgan fingerprint density at radius 2 is 2.07 bits per heavy atom. The van der Waals surface area contributed by atoms with Crippen molar-refractivity contribution >= 4 is 23.5 Å². The number of amides is 4. The van der Waals surface area contributed by atoms with Crippen LogP contribution >= 0.6 is 0 Å². The zero-order valence-corrected chi connectivity index (χ0v) is 15.8. The minimum absolute atomic E-state index is 0.0532. The maximum atomic E-state index is 12.9. The van der Waals surface area contributed by atoms with Crippen LogP contribution in [0.15, 0.2) is 18.2 Å². The van der Waals surface area contributed by atoms with Gasteiger partial charge in [-0.05, 0) is 30.9 Å². The molecule has 1 saturated carbocycles. The van der Waals surface area contributed by atoms with Gasteiger partial charge in [0.25, 0.3) is 5.91 Å². The van der Waals surface area contributed by atoms with E-state index in [0.717, 1.165) is 24.2 Å². The van der Waals surface area contributed by atoms with Gasteiger partial charge in [0.15, 0.2) is 0 Å². The van der Waals surface area contributed by atoms with Crippen molar-refractivity contribution in [3.8, 4) is 11.5 Å². The van der Waals surface area contributed by atoms with Crippen molar-refractivity contribution in [1.29, 1.82) is 0 Å². The molecule has 8 nitrogen and oxygen atoms in total. The lowest BCUT2D eigenvalue weighted by atomic mass is 9.73. The molecule has 2 aliphatic rings. The van der Waals surface area contributed by atoms with Crippen LogP contribution in [-0.2, 0) is 9.59 Å². The van der Waals surface area contributed by atoms with Crippen LogP contribution in [-0.4, -0.2) is 49.0 Å². The minimum atomic E-state index is -0.868. The summed E-state index contributed by atoms with van der Waals surface area (Å²) < 4.78 is 10.4. The fourth-order valence-electron chi connectivity index (χ4n) is 3.87. The summed E-state index contributed by atoms with van der Waals surface area (Å²) in [4.78, 5) is 38.8. The molecule has 1 spiro atoms. The lowest BCUT2D eigenvalue weighted by Crippen LogP contribution is -2.54. The molecule has 4 amide bonds. The van der Waals surface area contributed by atoms with Gasteiger partial charge in [0.2, 0.25) is 5.91 Å². The fraction of sp³-hybridized carbons (Fsp3) is 0.526. The molecule has 27 heavy (non-hydrogen) atoms. The molecule has 0 unspecified atom stereocenters. The highest BCUT2D eigenvalue weighted by Crippen LogP contribution is 2.38. The number of benzene rings is 1. The Labute approximate surface area is 158 Å². The first-order chi connectivity index (χ1) is 12.9. The van der Waals surface area contributed by atoms with Crippen molar-refractivity contribution < 1.29 is 23.9 Å². The maximum absolute atomic E-state index is 12.9. The summed E-state index contributed by atoms with van der Waals surface area (Å²) >= 11 is 0. The fourth-order valence-corrected chi connectivity index (χ4v) is 3.87. The molecule has 1 aromatic rings. The standard InChI is InChI=1S/C19H25N3O5/c1-12-6-4-5-9-19(12)17(24)22(18(25)21-19)11-16(23)20-14-8-7-13(26-2)10-15(14)27-3/h7-8,10,12H,4-6,9,11H2,1-3H3,(H,20,23)(H,21,25)/t12-,19-/m0/s1. The molecule has 0 bridgehead atoms. The largest absolute Gasteiger partial charge is 0.497 e. The van der Waals surface area contributed by atoms with E-state index < -0.39 is 17.5 Å². The third kappa shape index (κ3) is 3.43. The normalized spacial score (nSPS) is 24.7. The topological polar surface area (TPSA) is 97.0 Å². The van der Waals surface area contributed by atoms with Crippen molar-refractivity contribution in [2.75, 3.05) is 26.1 Å². The second kappa shape index (κ2) is 7.46. The van der Waals surface area contributed by atoms with Gasteiger partial charge in [0.05, 0.1) is 19.9 Å². The van der Waals surface area contributed by atoms with E-state index in [-0.39, 0.29) is 18.4 Å². The predicted molar refractivity (Wildman–Crippen MR) is 98.8 cm³/mol. The molecule has 1 aliphatic heterocycles. The number of nitrogens with one attached hydrogen (secondary N) is 2. The molecule has 1 aromatic carbocycles. The zero-order valence-electron chi connectivity index (χ0n) is 15.8. The number of carbonyl (C=O) groups is 3. The molecule has 1 saturated heterocycles. The van der Waals surface area contributed by atoms with E-state index >= 15 is 0 Å². The van der Waals surface area contributed by atoms with Crippen molar-refractivity contribution in [3.63, 3.8) is 0 Å². The average molecular weight is 375 g/mol. The summed E-state index contributed by atoms with van der Waals surface area (Å²) in [6, 6.07) is 4.46. The number of hydrogen-bond acceptors (Lipinski definition) is 5. The molecule has 0 aromatic heterocycles. The van der Waals surface area contributed by atoms with Crippen molar-refractivity contribution in [1.82, 2.24) is 10.2 Å². The summed E-state index contributed by atoms with van der Waals surface area (Å²) in [6.07, 6.45) is 3.43. The third-order valence-corrected chi connectivity index (χ3v) is 5.49. The predicted octanol–water partition coefficient (Wildman–Crippen LogP) is 2.14. The van der Waals surface area contributed by atoms with Crippen LogP contribution in [0.3, 0.4) is 0 Å². The molecule has 1 heterocycles. The molecule has 2 fully saturated rings. The monoisotopic (exact) mass is 375 g/mol. The van der Waals surface area contributed by atoms with Gasteiger partial charge in [-0.1, -0.05) is 19.8 Å². The van der Waals surface area contributed by atoms with Gasteiger partial charge >= 0.3 is 6.03 Å². The van der Waals surface area contributed by atoms with Gasteiger partial charge in [-0.25, -0.2) is 4.79 Å². The molecular weight excluding hydrogens is 350 g/mol. The highest BCUT2D eigenvalue weighted by molar-refractivity contribution is 6.10. The molecule has 2 atom stereocenters. The number of ether oxygens (including phenoxy) is 2. The van der Waals surface area contributed by atoms with Gasteiger partial charge in [-0.3, -0.25) is 14.5 Å². The van der Waals surface area contributed by atoms with E-state index in [4.69, 9.17) is 9.47 Å². The van der Waals surface area contributed by atoms with E-state index in [1.54, 1.807) is 18.2 Å². The lowest BCUT2D eigenvalue weighted by Gasteiger charge is -2.36. The zero-order chi connectivity index (χ0) is 19.6. The molecular formula is C19H25N3O5. The van der Waals surface area contributed by atoms with Crippen LogP contribution in [0.4, 0.5) is 10.5 Å². The third-order valence-electron chi connectivity index (χ3n) is 5.49. The smallest absolute Gasteiger partial charge is 0.325 e. The van der Waals surface area contributed by atoms with Gasteiger partial charge in [-0.2, -0.15) is 0 Å². The van der Waals surface area contributed by atoms with Gasteiger partial charge in [0, 0.05) is 6.07 Å². The number of urea groups is 1. The van der Waals surface area contributed by atoms with Crippen molar-refractivity contribution in [2.45, 2.75) is 38.1 Å². The molecule has 3 rings (SSSR count). The Kier molecular flexibility index (Phi) is 5.25. The quantitative estimate of drug-likeness (QED) is 0.769. The van der Waals surface area contributed by atoms with Gasteiger partial charge in [-0.15, -0.1) is 0 Å². The molecule has 0 radical (unpaired) electrons. The lowest BCUT2D eigenvalue weighted by molar-refractivity contribution is -0.136. The second-order valence-corrected chi connectivity index (χ2v) is 7.05. The van der Waals surface area contributed by atoms with E-state index in [2.05, 4.69) is 10.6 Å². The summed E-state index contributed by atoms with van der Waals surface area (Å²) in [7, 11) is 3.02. The van der Waals surface area contributed by atoms with Gasteiger partial charge < -0.3 is 20.1 Å². The summed E-state index contributed by atoms with van der Waals surface area (Å²) in [5.41, 5.74) is -0.427. The SMILES string of the molecule is COc1ccc(NC(=O)CN2C(=O)N[C@]3(CCCC[C@@H]3C)C2=O)c(OC)c1. The summed E-state index contributed by atoms with van der Waals surface area (Å²) in [5.74, 6) is 0.293. The van der Waals surface area contributed by atoms with E-state index in [1.165, 1.54) is 14.2 Å². The van der Waals surface area contributed by atoms with Crippen LogP contribution in [0.1, 0.15) is 32.6 Å². The van der Waals surface area contributed by atoms with E-state index in [0.29, 0.717) is 23.6 Å². The van der Waals surface area contributed by atoms with Crippen LogP contribution in [0.25, 0.3) is 0 Å². The first-order valence-electron chi connectivity index (χ1n) is 9.07. The number of anilines is 1. The Hall–Kier alpha value is -2.77. The highest BCUT2D eigenvalue weighted by atomic mass is 16.5. The van der Waals surface area contributed by atoms with E-state index in [9.17, 15) is 14.4 Å². The Balaban J connectivity index is 1.71. The first-order valence-corrected chi connectivity index (χ1v) is 9.07. The van der Waals surface area contributed by atoms with Crippen LogP contribution in [0, 0.1) is 5.92 Å². The Morgan fingerprint density at radius 1 is 1.30 bits per heavy atom. The number of imide groups is 1. The maximum Gasteiger partial charge on any atom is 0.325 e. The Morgan fingerprint density at radius 3 is 2.74 bits per heavy atom. The van der Waals surface area contributed by atoms with Crippen LogP contribution in [0.5, 0.6) is 11.5 Å². The average Bonchev–Trinajstić information content (AvgIpc) is 2.89. The Bertz CT molecular complexity index is 766. The van der Waals surface area contributed by atoms with E-state index in [1.807, 2.05) is 6.92 Å². The molecule has 1 aliphatic carbocycles. The number of carbonyl (C=O) groups excluding carboxylic acids is 3. The molecule has 146 valence electrons. The number of hydrogen-bond donors (Lipinski definition) is 2. The summed E-state index contributed by atoms with van der Waals surface area (Å²) in [6.45, 7) is 1.64. The van der Waals surface area contributed by atoms with Crippen molar-refractivity contribution in [3.05, 3.63) is 18.2 Å². The minimum Gasteiger partial charge on any atom is -0.497 e. The van der Waals surface area contributed by atoms with Crippen molar-refractivity contribution in [2.24, 2.45) is 5.92 Å². The second-order valence-electron chi connectivity index (χ2n) is 7.05.